The molecule has 9 heteroatoms. The van der Waals surface area contributed by atoms with Crippen LogP contribution in [-0.4, -0.2) is 27.5 Å². The Bertz CT molecular complexity index is 1060. The van der Waals surface area contributed by atoms with Crippen molar-refractivity contribution in [3.8, 4) is 0 Å². The SMILES string of the molecule is O=C(Nc1cnn(Cc2c(Cl)cccc2Cl)c1)C1CC(c2ccc(F)cc2)=NO1. The molecule has 148 valence electrons. The van der Waals surface area contributed by atoms with Gasteiger partial charge in [-0.2, -0.15) is 5.10 Å². The summed E-state index contributed by atoms with van der Waals surface area (Å²) in [6.45, 7) is 0.367. The van der Waals surface area contributed by atoms with Gasteiger partial charge in [-0.25, -0.2) is 4.39 Å². The summed E-state index contributed by atoms with van der Waals surface area (Å²) in [5, 5.41) is 12.0. The van der Waals surface area contributed by atoms with E-state index >= 15 is 0 Å². The fourth-order valence-corrected chi connectivity index (χ4v) is 3.43. The molecule has 6 nitrogen and oxygen atoms in total. The van der Waals surface area contributed by atoms with Gasteiger partial charge in [0.1, 0.15) is 5.82 Å². The molecule has 0 fully saturated rings. The summed E-state index contributed by atoms with van der Waals surface area (Å²) in [6, 6.07) is 11.2. The fourth-order valence-electron chi connectivity index (χ4n) is 2.91. The molecule has 1 aliphatic rings. The molecule has 1 amide bonds. The summed E-state index contributed by atoms with van der Waals surface area (Å²) in [5.41, 5.74) is 2.56. The molecular weight excluding hydrogens is 418 g/mol. The topological polar surface area (TPSA) is 68.5 Å². The number of hydrogen-bond acceptors (Lipinski definition) is 4. The average Bonchev–Trinajstić information content (AvgIpc) is 3.35. The van der Waals surface area contributed by atoms with E-state index in [2.05, 4.69) is 15.6 Å². The lowest BCUT2D eigenvalue weighted by Gasteiger charge is -2.08. The Balaban J connectivity index is 1.37. The van der Waals surface area contributed by atoms with Crippen LogP contribution in [0.1, 0.15) is 17.5 Å². The van der Waals surface area contributed by atoms with Gasteiger partial charge in [0, 0.05) is 28.2 Å². The Hall–Kier alpha value is -2.90. The molecule has 1 aliphatic heterocycles. The number of aromatic nitrogens is 2. The van der Waals surface area contributed by atoms with Crippen LogP contribution in [0.5, 0.6) is 0 Å². The monoisotopic (exact) mass is 432 g/mol. The highest BCUT2D eigenvalue weighted by atomic mass is 35.5. The van der Waals surface area contributed by atoms with Crippen LogP contribution < -0.4 is 5.32 Å². The molecule has 3 aromatic rings. The summed E-state index contributed by atoms with van der Waals surface area (Å²) in [5.74, 6) is -0.682. The molecule has 1 atom stereocenters. The van der Waals surface area contributed by atoms with Crippen molar-refractivity contribution >= 4 is 40.5 Å². The fraction of sp³-hybridized carbons (Fsp3) is 0.150. The van der Waals surface area contributed by atoms with Gasteiger partial charge in [-0.15, -0.1) is 0 Å². The second-order valence-corrected chi connectivity index (χ2v) is 7.27. The number of oxime groups is 1. The van der Waals surface area contributed by atoms with Crippen LogP contribution in [0.15, 0.2) is 60.0 Å². The van der Waals surface area contributed by atoms with Crippen molar-refractivity contribution in [3.63, 3.8) is 0 Å². The predicted octanol–water partition coefficient (Wildman–Crippen LogP) is 4.51. The standard InChI is InChI=1S/C20H15Cl2FN4O2/c21-16-2-1-3-17(22)15(16)11-27-10-14(9-24-27)25-20(28)19-8-18(26-29-19)12-4-6-13(23)7-5-12/h1-7,9-10,19H,8,11H2,(H,25,28). The molecule has 1 unspecified atom stereocenters. The van der Waals surface area contributed by atoms with E-state index < -0.39 is 6.10 Å². The van der Waals surface area contributed by atoms with E-state index in [0.29, 0.717) is 40.0 Å². The third-order valence-electron chi connectivity index (χ3n) is 4.42. The third kappa shape index (κ3) is 4.41. The predicted molar refractivity (Wildman–Crippen MR) is 109 cm³/mol. The van der Waals surface area contributed by atoms with Gasteiger partial charge in [-0.3, -0.25) is 9.48 Å². The highest BCUT2D eigenvalue weighted by Gasteiger charge is 2.29. The Morgan fingerprint density at radius 1 is 1.21 bits per heavy atom. The highest BCUT2D eigenvalue weighted by molar-refractivity contribution is 6.36. The van der Waals surface area contributed by atoms with Crippen molar-refractivity contribution < 1.29 is 14.0 Å². The third-order valence-corrected chi connectivity index (χ3v) is 5.13. The molecule has 2 heterocycles. The number of carbonyl (C=O) groups is 1. The molecule has 2 aromatic carbocycles. The van der Waals surface area contributed by atoms with Crippen LogP contribution in [-0.2, 0) is 16.2 Å². The lowest BCUT2D eigenvalue weighted by molar-refractivity contribution is -0.125. The molecule has 0 saturated heterocycles. The van der Waals surface area contributed by atoms with E-state index in [1.807, 2.05) is 0 Å². The van der Waals surface area contributed by atoms with Crippen molar-refractivity contribution in [3.05, 3.63) is 81.8 Å². The zero-order chi connectivity index (χ0) is 20.4. The zero-order valence-corrected chi connectivity index (χ0v) is 16.5. The zero-order valence-electron chi connectivity index (χ0n) is 15.0. The molecule has 4 rings (SSSR count). The van der Waals surface area contributed by atoms with E-state index in [0.717, 1.165) is 5.56 Å². The molecular formula is C20H15Cl2FN4O2. The molecule has 0 saturated carbocycles. The largest absolute Gasteiger partial charge is 0.382 e. The Morgan fingerprint density at radius 2 is 1.93 bits per heavy atom. The molecule has 0 bridgehead atoms. The lowest BCUT2D eigenvalue weighted by atomic mass is 10.0. The maximum Gasteiger partial charge on any atom is 0.268 e. The Labute approximate surface area is 175 Å². The minimum atomic E-state index is -0.767. The first-order valence-corrected chi connectivity index (χ1v) is 9.50. The van der Waals surface area contributed by atoms with Crippen molar-refractivity contribution in [2.24, 2.45) is 5.16 Å². The van der Waals surface area contributed by atoms with Gasteiger partial charge < -0.3 is 10.2 Å². The quantitative estimate of drug-likeness (QED) is 0.644. The van der Waals surface area contributed by atoms with Crippen LogP contribution in [0, 0.1) is 5.82 Å². The second-order valence-electron chi connectivity index (χ2n) is 6.46. The van der Waals surface area contributed by atoms with Crippen LogP contribution in [0.4, 0.5) is 10.1 Å². The van der Waals surface area contributed by atoms with Gasteiger partial charge in [-0.1, -0.05) is 46.6 Å². The first kappa shape index (κ1) is 19.4. The van der Waals surface area contributed by atoms with Gasteiger partial charge in [0.25, 0.3) is 5.91 Å². The van der Waals surface area contributed by atoms with Crippen molar-refractivity contribution in [2.45, 2.75) is 19.1 Å². The number of nitrogens with zero attached hydrogens (tertiary/aromatic N) is 3. The van der Waals surface area contributed by atoms with Gasteiger partial charge in [0.2, 0.25) is 6.10 Å². The maximum atomic E-state index is 13.0. The van der Waals surface area contributed by atoms with Crippen molar-refractivity contribution in [1.29, 1.82) is 0 Å². The van der Waals surface area contributed by atoms with Crippen molar-refractivity contribution in [1.82, 2.24) is 9.78 Å². The minimum Gasteiger partial charge on any atom is -0.382 e. The summed E-state index contributed by atoms with van der Waals surface area (Å²) >= 11 is 12.4. The van der Waals surface area contributed by atoms with E-state index in [9.17, 15) is 9.18 Å². The maximum absolute atomic E-state index is 13.0. The number of nitrogens with one attached hydrogen (secondary N) is 1. The molecule has 29 heavy (non-hydrogen) atoms. The summed E-state index contributed by atoms with van der Waals surface area (Å²) < 4.78 is 14.7. The summed E-state index contributed by atoms with van der Waals surface area (Å²) in [6.07, 6.45) is 2.73. The van der Waals surface area contributed by atoms with Gasteiger partial charge in [0.05, 0.1) is 24.1 Å². The van der Waals surface area contributed by atoms with Gasteiger partial charge >= 0.3 is 0 Å². The van der Waals surface area contributed by atoms with Crippen LogP contribution in [0.2, 0.25) is 10.0 Å². The molecule has 1 N–H and O–H groups in total. The number of rotatable bonds is 5. The number of benzene rings is 2. The Kier molecular flexibility index (Phi) is 5.51. The van der Waals surface area contributed by atoms with E-state index in [-0.39, 0.29) is 11.7 Å². The second kappa shape index (κ2) is 8.23. The first-order chi connectivity index (χ1) is 14.0. The van der Waals surface area contributed by atoms with Crippen LogP contribution in [0.3, 0.4) is 0 Å². The highest BCUT2D eigenvalue weighted by Crippen LogP contribution is 2.25. The van der Waals surface area contributed by atoms with Crippen molar-refractivity contribution in [2.75, 3.05) is 5.32 Å². The van der Waals surface area contributed by atoms with Gasteiger partial charge in [-0.05, 0) is 29.8 Å². The molecule has 1 aromatic heterocycles. The molecule has 0 radical (unpaired) electrons. The molecule has 0 aliphatic carbocycles. The normalized spacial score (nSPS) is 15.7. The van der Waals surface area contributed by atoms with Crippen LogP contribution in [0.25, 0.3) is 0 Å². The number of anilines is 1. The minimum absolute atomic E-state index is 0.292. The van der Waals surface area contributed by atoms with Gasteiger partial charge in [0.15, 0.2) is 0 Å². The Morgan fingerprint density at radius 3 is 2.66 bits per heavy atom. The summed E-state index contributed by atoms with van der Waals surface area (Å²) in [4.78, 5) is 17.7. The summed E-state index contributed by atoms with van der Waals surface area (Å²) in [7, 11) is 0. The number of amides is 1. The number of carbonyl (C=O) groups excluding carboxylic acids is 1. The first-order valence-electron chi connectivity index (χ1n) is 8.74. The number of halogens is 3. The molecule has 0 spiro atoms. The van der Waals surface area contributed by atoms with E-state index in [4.69, 9.17) is 28.0 Å². The lowest BCUT2D eigenvalue weighted by Crippen LogP contribution is -2.27. The average molecular weight is 433 g/mol. The van der Waals surface area contributed by atoms with E-state index in [1.54, 1.807) is 41.2 Å². The smallest absolute Gasteiger partial charge is 0.268 e. The van der Waals surface area contributed by atoms with E-state index in [1.165, 1.54) is 18.3 Å². The number of hydrogen-bond donors (Lipinski definition) is 1. The van der Waals surface area contributed by atoms with Crippen LogP contribution >= 0.6 is 23.2 Å².